The van der Waals surface area contributed by atoms with Gasteiger partial charge in [0.25, 0.3) is 0 Å². The summed E-state index contributed by atoms with van der Waals surface area (Å²) in [7, 11) is -1.81. The quantitative estimate of drug-likeness (QED) is 0.717. The summed E-state index contributed by atoms with van der Waals surface area (Å²) in [4.78, 5) is 0. The summed E-state index contributed by atoms with van der Waals surface area (Å²) in [5.74, 6) is 0. The van der Waals surface area contributed by atoms with Crippen molar-refractivity contribution in [3.8, 4) is 0 Å². The Morgan fingerprint density at radius 1 is 1.29 bits per heavy atom. The van der Waals surface area contributed by atoms with Crippen molar-refractivity contribution in [3.05, 3.63) is 0 Å². The third kappa shape index (κ3) is 4.55. The van der Waals surface area contributed by atoms with Crippen LogP contribution in [0, 0.1) is 0 Å². The number of rotatable bonds is 2. The summed E-state index contributed by atoms with van der Waals surface area (Å²) in [6.45, 7) is 7.95. The molecule has 14 heavy (non-hydrogen) atoms. The SMILES string of the molecule is CCO[Si]1(C)CCCCCNCCO1. The Bertz CT molecular complexity index is 145. The van der Waals surface area contributed by atoms with Crippen molar-refractivity contribution in [1.29, 1.82) is 0 Å². The van der Waals surface area contributed by atoms with E-state index in [-0.39, 0.29) is 0 Å². The smallest absolute Gasteiger partial charge is 0.334 e. The standard InChI is InChI=1S/C10H23NO2Si/c1-3-12-14(2)10-6-4-5-7-11-8-9-13-14/h11H,3-10H2,1-2H3. The molecule has 1 aliphatic rings. The highest BCUT2D eigenvalue weighted by Gasteiger charge is 2.30. The van der Waals surface area contributed by atoms with Crippen molar-refractivity contribution < 1.29 is 8.85 Å². The van der Waals surface area contributed by atoms with Gasteiger partial charge in [0.2, 0.25) is 0 Å². The van der Waals surface area contributed by atoms with Crippen molar-refractivity contribution >= 4 is 8.56 Å². The van der Waals surface area contributed by atoms with Crippen molar-refractivity contribution in [2.45, 2.75) is 38.8 Å². The maximum atomic E-state index is 5.90. The van der Waals surface area contributed by atoms with Gasteiger partial charge in [-0.3, -0.25) is 0 Å². The first-order chi connectivity index (χ1) is 6.77. The third-order valence-electron chi connectivity index (χ3n) is 2.62. The van der Waals surface area contributed by atoms with Crippen LogP contribution in [0.5, 0.6) is 0 Å². The molecule has 1 saturated heterocycles. The van der Waals surface area contributed by atoms with Crippen LogP contribution in [0.4, 0.5) is 0 Å². The molecule has 3 nitrogen and oxygen atoms in total. The fourth-order valence-electron chi connectivity index (χ4n) is 1.83. The van der Waals surface area contributed by atoms with Crippen LogP contribution in [-0.2, 0) is 8.85 Å². The predicted molar refractivity (Wildman–Crippen MR) is 60.7 cm³/mol. The molecule has 0 amide bonds. The van der Waals surface area contributed by atoms with Crippen molar-refractivity contribution in [1.82, 2.24) is 5.32 Å². The summed E-state index contributed by atoms with van der Waals surface area (Å²) in [6, 6.07) is 1.15. The monoisotopic (exact) mass is 217 g/mol. The molecule has 0 aliphatic carbocycles. The molecular formula is C10H23NO2Si. The molecule has 0 aromatic rings. The number of hydrogen-bond donors (Lipinski definition) is 1. The molecule has 1 fully saturated rings. The second-order valence-electron chi connectivity index (χ2n) is 3.98. The Morgan fingerprint density at radius 3 is 2.93 bits per heavy atom. The van der Waals surface area contributed by atoms with Crippen molar-refractivity contribution in [3.63, 3.8) is 0 Å². The molecule has 0 radical (unpaired) electrons. The number of nitrogens with one attached hydrogen (secondary N) is 1. The zero-order valence-electron chi connectivity index (χ0n) is 9.47. The zero-order chi connectivity index (χ0) is 10.3. The largest absolute Gasteiger partial charge is 0.395 e. The van der Waals surface area contributed by atoms with Crippen LogP contribution in [0.25, 0.3) is 0 Å². The van der Waals surface area contributed by atoms with Crippen LogP contribution < -0.4 is 5.32 Å². The van der Waals surface area contributed by atoms with E-state index in [0.29, 0.717) is 0 Å². The molecule has 0 saturated carbocycles. The second-order valence-corrected chi connectivity index (χ2v) is 7.32. The van der Waals surface area contributed by atoms with E-state index in [2.05, 4.69) is 18.8 Å². The first-order valence-corrected chi connectivity index (χ1v) is 8.28. The lowest BCUT2D eigenvalue weighted by atomic mass is 10.2. The zero-order valence-corrected chi connectivity index (χ0v) is 10.5. The highest BCUT2D eigenvalue weighted by atomic mass is 28.4. The van der Waals surface area contributed by atoms with E-state index >= 15 is 0 Å². The van der Waals surface area contributed by atoms with Gasteiger partial charge < -0.3 is 14.2 Å². The fraction of sp³-hybridized carbons (Fsp3) is 1.00. The van der Waals surface area contributed by atoms with E-state index < -0.39 is 8.56 Å². The summed E-state index contributed by atoms with van der Waals surface area (Å²) in [5, 5.41) is 3.38. The lowest BCUT2D eigenvalue weighted by Gasteiger charge is -2.27. The lowest BCUT2D eigenvalue weighted by molar-refractivity contribution is 0.178. The van der Waals surface area contributed by atoms with Gasteiger partial charge in [0.1, 0.15) is 0 Å². The van der Waals surface area contributed by atoms with E-state index in [4.69, 9.17) is 8.85 Å². The van der Waals surface area contributed by atoms with Crippen LogP contribution in [0.2, 0.25) is 12.6 Å². The van der Waals surface area contributed by atoms with E-state index in [1.165, 1.54) is 19.3 Å². The molecule has 0 bridgehead atoms. The van der Waals surface area contributed by atoms with Gasteiger partial charge in [-0.25, -0.2) is 0 Å². The van der Waals surface area contributed by atoms with Crippen LogP contribution in [-0.4, -0.2) is 34.9 Å². The van der Waals surface area contributed by atoms with Gasteiger partial charge in [-0.05, 0) is 32.5 Å². The summed E-state index contributed by atoms with van der Waals surface area (Å²) in [6.07, 6.45) is 3.84. The summed E-state index contributed by atoms with van der Waals surface area (Å²) >= 11 is 0. The maximum Gasteiger partial charge on any atom is 0.334 e. The Labute approximate surface area is 88.4 Å². The highest BCUT2D eigenvalue weighted by Crippen LogP contribution is 2.18. The number of hydrogen-bond acceptors (Lipinski definition) is 3. The minimum Gasteiger partial charge on any atom is -0.395 e. The Balaban J connectivity index is 2.36. The van der Waals surface area contributed by atoms with E-state index in [1.807, 2.05) is 0 Å². The van der Waals surface area contributed by atoms with Gasteiger partial charge in [-0.1, -0.05) is 12.8 Å². The molecule has 1 aliphatic heterocycles. The van der Waals surface area contributed by atoms with Crippen LogP contribution in [0.15, 0.2) is 0 Å². The first-order valence-electron chi connectivity index (χ1n) is 5.75. The van der Waals surface area contributed by atoms with Crippen molar-refractivity contribution in [2.24, 2.45) is 0 Å². The predicted octanol–water partition coefficient (Wildman–Crippen LogP) is 1.89. The minimum atomic E-state index is -1.81. The molecule has 1 heterocycles. The molecule has 0 aromatic heterocycles. The van der Waals surface area contributed by atoms with Gasteiger partial charge >= 0.3 is 8.56 Å². The average molecular weight is 217 g/mol. The molecule has 1 rings (SSSR count). The Morgan fingerprint density at radius 2 is 2.14 bits per heavy atom. The Kier molecular flexibility index (Phi) is 5.70. The van der Waals surface area contributed by atoms with Gasteiger partial charge in [0.05, 0.1) is 0 Å². The molecule has 1 N–H and O–H groups in total. The summed E-state index contributed by atoms with van der Waals surface area (Å²) in [5.41, 5.74) is 0. The minimum absolute atomic E-state index is 0.788. The highest BCUT2D eigenvalue weighted by molar-refractivity contribution is 6.66. The second kappa shape index (κ2) is 6.56. The normalized spacial score (nSPS) is 31.3. The first kappa shape index (κ1) is 12.2. The van der Waals surface area contributed by atoms with Gasteiger partial charge in [0, 0.05) is 19.8 Å². The van der Waals surface area contributed by atoms with Gasteiger partial charge in [0.15, 0.2) is 0 Å². The molecular weight excluding hydrogens is 194 g/mol. The van der Waals surface area contributed by atoms with Crippen LogP contribution in [0.3, 0.4) is 0 Å². The molecule has 1 atom stereocenters. The van der Waals surface area contributed by atoms with E-state index in [0.717, 1.165) is 32.3 Å². The van der Waals surface area contributed by atoms with E-state index in [1.54, 1.807) is 0 Å². The fourth-order valence-corrected chi connectivity index (χ4v) is 4.24. The molecule has 4 heteroatoms. The molecule has 84 valence electrons. The molecule has 1 unspecified atom stereocenters. The lowest BCUT2D eigenvalue weighted by Crippen LogP contribution is -2.41. The van der Waals surface area contributed by atoms with Gasteiger partial charge in [-0.15, -0.1) is 0 Å². The molecule has 0 aromatic carbocycles. The Hall–Kier alpha value is 0.0969. The third-order valence-corrected chi connectivity index (χ3v) is 5.60. The van der Waals surface area contributed by atoms with Crippen molar-refractivity contribution in [2.75, 3.05) is 26.3 Å². The molecule has 0 spiro atoms. The van der Waals surface area contributed by atoms with Crippen LogP contribution >= 0.6 is 0 Å². The van der Waals surface area contributed by atoms with E-state index in [9.17, 15) is 0 Å². The van der Waals surface area contributed by atoms with Crippen LogP contribution in [0.1, 0.15) is 26.2 Å². The summed E-state index contributed by atoms with van der Waals surface area (Å²) < 4.78 is 11.7. The topological polar surface area (TPSA) is 30.5 Å². The van der Waals surface area contributed by atoms with Gasteiger partial charge in [-0.2, -0.15) is 0 Å². The maximum absolute atomic E-state index is 5.90. The average Bonchev–Trinajstić information content (AvgIpc) is 2.16.